The molecule has 1 nitrogen and oxygen atoms in total. The highest BCUT2D eigenvalue weighted by Gasteiger charge is 2.47. The second-order valence-corrected chi connectivity index (χ2v) is 7.32. The lowest BCUT2D eigenvalue weighted by Crippen LogP contribution is -2.45. The lowest BCUT2D eigenvalue weighted by atomic mass is 9.53. The first-order chi connectivity index (χ1) is 7.35. The van der Waals surface area contributed by atoms with Gasteiger partial charge in [-0.05, 0) is 55.3 Å². The van der Waals surface area contributed by atoms with E-state index in [9.17, 15) is 5.11 Å². The molecule has 0 amide bonds. The monoisotopic (exact) mass is 224 g/mol. The van der Waals surface area contributed by atoms with Crippen LogP contribution in [0.2, 0.25) is 0 Å². The Balaban J connectivity index is 2.16. The molecular formula is C15H28O. The fourth-order valence-corrected chi connectivity index (χ4v) is 4.13. The molecule has 0 heterocycles. The van der Waals surface area contributed by atoms with E-state index < -0.39 is 0 Å². The van der Waals surface area contributed by atoms with Gasteiger partial charge in [-0.15, -0.1) is 0 Å². The van der Waals surface area contributed by atoms with Crippen LogP contribution >= 0.6 is 0 Å². The minimum Gasteiger partial charge on any atom is -0.393 e. The summed E-state index contributed by atoms with van der Waals surface area (Å²) in [5, 5.41) is 10.00. The summed E-state index contributed by atoms with van der Waals surface area (Å²) >= 11 is 0. The van der Waals surface area contributed by atoms with E-state index in [1.807, 2.05) is 6.92 Å². The molecule has 1 N–H and O–H groups in total. The normalized spacial score (nSPS) is 44.8. The van der Waals surface area contributed by atoms with E-state index in [4.69, 9.17) is 0 Å². The molecule has 2 saturated carbocycles. The van der Waals surface area contributed by atoms with Crippen LogP contribution in [0.15, 0.2) is 0 Å². The second kappa shape index (κ2) is 4.01. The molecule has 0 aromatic heterocycles. The Morgan fingerprint density at radius 1 is 1.12 bits per heavy atom. The van der Waals surface area contributed by atoms with Crippen LogP contribution in [0.3, 0.4) is 0 Å². The zero-order chi connectivity index (χ0) is 12.0. The van der Waals surface area contributed by atoms with Crippen LogP contribution in [0, 0.1) is 22.7 Å². The van der Waals surface area contributed by atoms with Crippen LogP contribution in [0.25, 0.3) is 0 Å². The topological polar surface area (TPSA) is 20.2 Å². The first kappa shape index (κ1) is 12.4. The van der Waals surface area contributed by atoms with Gasteiger partial charge >= 0.3 is 0 Å². The van der Waals surface area contributed by atoms with Crippen molar-refractivity contribution in [3.8, 4) is 0 Å². The molecule has 2 aliphatic rings. The Morgan fingerprint density at radius 2 is 1.81 bits per heavy atom. The standard InChI is InChI=1S/C15H28O/c1-11(16)15(4)9-7-12-6-5-8-14(2,3)13(12)10-15/h11-13,16H,5-10H2,1-4H3. The van der Waals surface area contributed by atoms with Gasteiger partial charge in [-0.25, -0.2) is 0 Å². The molecule has 2 fully saturated rings. The van der Waals surface area contributed by atoms with Crippen molar-refractivity contribution in [3.05, 3.63) is 0 Å². The molecular weight excluding hydrogens is 196 g/mol. The minimum atomic E-state index is -0.147. The largest absolute Gasteiger partial charge is 0.393 e. The molecule has 16 heavy (non-hydrogen) atoms. The van der Waals surface area contributed by atoms with Gasteiger partial charge in [0.1, 0.15) is 0 Å². The van der Waals surface area contributed by atoms with E-state index in [1.54, 1.807) is 0 Å². The number of hydrogen-bond acceptors (Lipinski definition) is 1. The average Bonchev–Trinajstić information content (AvgIpc) is 2.19. The van der Waals surface area contributed by atoms with E-state index in [-0.39, 0.29) is 11.5 Å². The fraction of sp³-hybridized carbons (Fsp3) is 1.00. The van der Waals surface area contributed by atoms with Crippen molar-refractivity contribution in [2.24, 2.45) is 22.7 Å². The van der Waals surface area contributed by atoms with Crippen molar-refractivity contribution < 1.29 is 5.11 Å². The summed E-state index contributed by atoms with van der Waals surface area (Å²) < 4.78 is 0. The number of rotatable bonds is 1. The first-order valence-electron chi connectivity index (χ1n) is 7.03. The van der Waals surface area contributed by atoms with Crippen LogP contribution in [0.5, 0.6) is 0 Å². The molecule has 0 spiro atoms. The van der Waals surface area contributed by atoms with Crippen LogP contribution in [0.1, 0.15) is 66.2 Å². The molecule has 1 heteroatoms. The van der Waals surface area contributed by atoms with Gasteiger partial charge in [0.25, 0.3) is 0 Å². The Kier molecular flexibility index (Phi) is 3.11. The highest BCUT2D eigenvalue weighted by Crippen LogP contribution is 2.55. The Morgan fingerprint density at radius 3 is 2.44 bits per heavy atom. The Labute approximate surface area is 101 Å². The summed E-state index contributed by atoms with van der Waals surface area (Å²) in [5.74, 6) is 1.78. The predicted molar refractivity (Wildman–Crippen MR) is 68.3 cm³/mol. The molecule has 4 unspecified atom stereocenters. The summed E-state index contributed by atoms with van der Waals surface area (Å²) in [6, 6.07) is 0. The molecule has 2 aliphatic carbocycles. The second-order valence-electron chi connectivity index (χ2n) is 7.32. The lowest BCUT2D eigenvalue weighted by molar-refractivity contribution is -0.0632. The predicted octanol–water partition coefficient (Wildman–Crippen LogP) is 4.00. The highest BCUT2D eigenvalue weighted by molar-refractivity contribution is 4.97. The molecule has 0 saturated heterocycles. The third-order valence-electron chi connectivity index (χ3n) is 5.75. The summed E-state index contributed by atoms with van der Waals surface area (Å²) in [6.07, 6.45) is 7.89. The maximum absolute atomic E-state index is 10.00. The van der Waals surface area contributed by atoms with Gasteiger partial charge in [0.15, 0.2) is 0 Å². The van der Waals surface area contributed by atoms with Crippen LogP contribution < -0.4 is 0 Å². The van der Waals surface area contributed by atoms with Crippen molar-refractivity contribution in [2.45, 2.75) is 72.3 Å². The van der Waals surface area contributed by atoms with Gasteiger partial charge in [-0.3, -0.25) is 0 Å². The molecule has 0 bridgehead atoms. The highest BCUT2D eigenvalue weighted by atomic mass is 16.3. The van der Waals surface area contributed by atoms with Gasteiger partial charge in [0.05, 0.1) is 6.10 Å². The Hall–Kier alpha value is -0.0400. The smallest absolute Gasteiger partial charge is 0.0565 e. The van der Waals surface area contributed by atoms with Gasteiger partial charge in [-0.2, -0.15) is 0 Å². The van der Waals surface area contributed by atoms with E-state index in [0.29, 0.717) is 5.41 Å². The molecule has 4 atom stereocenters. The molecule has 0 aromatic rings. The number of hydrogen-bond donors (Lipinski definition) is 1. The summed E-state index contributed by atoms with van der Waals surface area (Å²) in [5.41, 5.74) is 0.676. The maximum Gasteiger partial charge on any atom is 0.0565 e. The zero-order valence-electron chi connectivity index (χ0n) is 11.4. The number of aliphatic hydroxyl groups is 1. The summed E-state index contributed by atoms with van der Waals surface area (Å²) in [6.45, 7) is 9.16. The van der Waals surface area contributed by atoms with Crippen LogP contribution in [0.4, 0.5) is 0 Å². The molecule has 0 aromatic carbocycles. The van der Waals surface area contributed by atoms with Crippen molar-refractivity contribution >= 4 is 0 Å². The van der Waals surface area contributed by atoms with Crippen molar-refractivity contribution in [1.82, 2.24) is 0 Å². The van der Waals surface area contributed by atoms with Gasteiger partial charge in [0.2, 0.25) is 0 Å². The number of fused-ring (bicyclic) bond motifs is 1. The summed E-state index contributed by atoms with van der Waals surface area (Å²) in [7, 11) is 0. The third kappa shape index (κ3) is 2.03. The third-order valence-corrected chi connectivity index (χ3v) is 5.75. The average molecular weight is 224 g/mol. The quantitative estimate of drug-likeness (QED) is 0.714. The minimum absolute atomic E-state index is 0.147. The van der Waals surface area contributed by atoms with Crippen molar-refractivity contribution in [2.75, 3.05) is 0 Å². The van der Waals surface area contributed by atoms with E-state index in [0.717, 1.165) is 11.8 Å². The zero-order valence-corrected chi connectivity index (χ0v) is 11.4. The number of aliphatic hydroxyl groups excluding tert-OH is 1. The van der Waals surface area contributed by atoms with Gasteiger partial charge in [-0.1, -0.05) is 33.6 Å². The molecule has 0 radical (unpaired) electrons. The van der Waals surface area contributed by atoms with Crippen molar-refractivity contribution in [3.63, 3.8) is 0 Å². The van der Waals surface area contributed by atoms with Crippen LogP contribution in [-0.2, 0) is 0 Å². The lowest BCUT2D eigenvalue weighted by Gasteiger charge is -2.53. The van der Waals surface area contributed by atoms with E-state index in [1.165, 1.54) is 38.5 Å². The maximum atomic E-state index is 10.00. The fourth-order valence-electron chi connectivity index (χ4n) is 4.13. The SMILES string of the molecule is CC(O)C1(C)CCC2CCCC(C)(C)C2C1. The van der Waals surface area contributed by atoms with Crippen LogP contribution in [-0.4, -0.2) is 11.2 Å². The first-order valence-corrected chi connectivity index (χ1v) is 7.03. The Bertz CT molecular complexity index is 256. The van der Waals surface area contributed by atoms with Gasteiger partial charge in [0, 0.05) is 0 Å². The molecule has 2 rings (SSSR count). The summed E-state index contributed by atoms with van der Waals surface area (Å²) in [4.78, 5) is 0. The van der Waals surface area contributed by atoms with Gasteiger partial charge < -0.3 is 5.11 Å². The van der Waals surface area contributed by atoms with E-state index >= 15 is 0 Å². The molecule has 0 aliphatic heterocycles. The van der Waals surface area contributed by atoms with E-state index in [2.05, 4.69) is 20.8 Å². The van der Waals surface area contributed by atoms with Crippen molar-refractivity contribution in [1.29, 1.82) is 0 Å². The molecule has 94 valence electrons.